The fourth-order valence-corrected chi connectivity index (χ4v) is 3.08. The molecule has 0 bridgehead atoms. The van der Waals surface area contributed by atoms with Crippen molar-refractivity contribution in [1.82, 2.24) is 0 Å². The first-order valence-electron chi connectivity index (χ1n) is 6.76. The van der Waals surface area contributed by atoms with Gasteiger partial charge in [-0.25, -0.2) is 0 Å². The largest absolute Gasteiger partial charge is 0.469 e. The standard InChI is InChI=1S/C16H23NO2/c1-16(2,3)14-10-12(15(18)19-5)11-8-6-7-9-13(11)17(14)4/h6-9,12,14H,10H2,1-5H3/t12-,14-/m0/s1. The summed E-state index contributed by atoms with van der Waals surface area (Å²) in [5.74, 6) is -0.281. The number of hydrogen-bond donors (Lipinski definition) is 0. The van der Waals surface area contributed by atoms with Crippen LogP contribution >= 0.6 is 0 Å². The van der Waals surface area contributed by atoms with Gasteiger partial charge in [0.15, 0.2) is 0 Å². The first kappa shape index (κ1) is 13.9. The predicted octanol–water partition coefficient (Wildman–Crippen LogP) is 3.20. The van der Waals surface area contributed by atoms with Crippen LogP contribution in [0.15, 0.2) is 24.3 Å². The molecule has 1 aromatic rings. The smallest absolute Gasteiger partial charge is 0.313 e. The van der Waals surface area contributed by atoms with E-state index in [1.54, 1.807) is 0 Å². The summed E-state index contributed by atoms with van der Waals surface area (Å²) in [5, 5.41) is 0. The molecule has 0 spiro atoms. The van der Waals surface area contributed by atoms with Gasteiger partial charge in [0.1, 0.15) is 0 Å². The summed E-state index contributed by atoms with van der Waals surface area (Å²) >= 11 is 0. The second-order valence-corrected chi connectivity index (χ2v) is 6.36. The lowest BCUT2D eigenvalue weighted by molar-refractivity contribution is -0.143. The quantitative estimate of drug-likeness (QED) is 0.727. The van der Waals surface area contributed by atoms with Crippen molar-refractivity contribution in [3.05, 3.63) is 29.8 Å². The number of benzene rings is 1. The molecule has 0 fully saturated rings. The van der Waals surface area contributed by atoms with Crippen molar-refractivity contribution in [1.29, 1.82) is 0 Å². The number of anilines is 1. The minimum Gasteiger partial charge on any atom is -0.469 e. The molecule has 1 aliphatic heterocycles. The summed E-state index contributed by atoms with van der Waals surface area (Å²) in [6, 6.07) is 8.45. The molecule has 0 saturated heterocycles. The summed E-state index contributed by atoms with van der Waals surface area (Å²) in [4.78, 5) is 14.4. The Morgan fingerprint density at radius 3 is 2.53 bits per heavy atom. The molecule has 2 rings (SSSR count). The summed E-state index contributed by atoms with van der Waals surface area (Å²) in [5.41, 5.74) is 2.34. The molecule has 1 heterocycles. The minimum atomic E-state index is -0.151. The van der Waals surface area contributed by atoms with Crippen molar-refractivity contribution in [3.63, 3.8) is 0 Å². The lowest BCUT2D eigenvalue weighted by Crippen LogP contribution is -2.47. The molecule has 3 nitrogen and oxygen atoms in total. The zero-order valence-electron chi connectivity index (χ0n) is 12.4. The van der Waals surface area contributed by atoms with Gasteiger partial charge in [-0.1, -0.05) is 39.0 Å². The number of hydrogen-bond acceptors (Lipinski definition) is 3. The lowest BCUT2D eigenvalue weighted by Gasteiger charge is -2.45. The van der Waals surface area contributed by atoms with Gasteiger partial charge in [0.25, 0.3) is 0 Å². The van der Waals surface area contributed by atoms with Crippen molar-refractivity contribution >= 4 is 11.7 Å². The number of para-hydroxylation sites is 1. The van der Waals surface area contributed by atoms with E-state index in [4.69, 9.17) is 4.74 Å². The zero-order chi connectivity index (χ0) is 14.2. The van der Waals surface area contributed by atoms with E-state index in [0.29, 0.717) is 6.04 Å². The SMILES string of the molecule is COC(=O)[C@H]1C[C@@H](C(C)(C)C)N(C)c2ccccc21. The van der Waals surface area contributed by atoms with Gasteiger partial charge in [-0.05, 0) is 23.5 Å². The number of esters is 1. The summed E-state index contributed by atoms with van der Waals surface area (Å²) in [6.45, 7) is 6.66. The number of rotatable bonds is 1. The second kappa shape index (κ2) is 4.87. The maximum Gasteiger partial charge on any atom is 0.313 e. The molecule has 0 radical (unpaired) electrons. The Morgan fingerprint density at radius 1 is 1.32 bits per heavy atom. The molecule has 0 aliphatic carbocycles. The molecule has 0 N–H and O–H groups in total. The van der Waals surface area contributed by atoms with Crippen LogP contribution in [0.2, 0.25) is 0 Å². The van der Waals surface area contributed by atoms with Gasteiger partial charge in [-0.3, -0.25) is 4.79 Å². The Balaban J connectivity index is 2.48. The van der Waals surface area contributed by atoms with Gasteiger partial charge >= 0.3 is 5.97 Å². The highest BCUT2D eigenvalue weighted by Gasteiger charge is 2.40. The van der Waals surface area contributed by atoms with E-state index < -0.39 is 0 Å². The highest BCUT2D eigenvalue weighted by atomic mass is 16.5. The van der Waals surface area contributed by atoms with Crippen molar-refractivity contribution in [2.75, 3.05) is 19.1 Å². The molecule has 0 unspecified atom stereocenters. The monoisotopic (exact) mass is 261 g/mol. The Bertz CT molecular complexity index is 476. The van der Waals surface area contributed by atoms with Crippen LogP contribution in [0.5, 0.6) is 0 Å². The van der Waals surface area contributed by atoms with Gasteiger partial charge in [-0.2, -0.15) is 0 Å². The van der Waals surface area contributed by atoms with E-state index in [1.165, 1.54) is 7.11 Å². The number of fused-ring (bicyclic) bond motifs is 1. The Labute approximate surface area is 115 Å². The third-order valence-electron chi connectivity index (χ3n) is 4.10. The van der Waals surface area contributed by atoms with Crippen molar-refractivity contribution < 1.29 is 9.53 Å². The summed E-state index contributed by atoms with van der Waals surface area (Å²) < 4.78 is 4.99. The average molecular weight is 261 g/mol. The molecular weight excluding hydrogens is 238 g/mol. The topological polar surface area (TPSA) is 29.5 Å². The van der Waals surface area contributed by atoms with Crippen LogP contribution < -0.4 is 4.90 Å². The molecule has 0 aromatic heterocycles. The third kappa shape index (κ3) is 2.46. The number of nitrogens with zero attached hydrogens (tertiary/aromatic N) is 1. The molecule has 0 amide bonds. The van der Waals surface area contributed by atoms with Crippen molar-refractivity contribution in [2.24, 2.45) is 5.41 Å². The first-order valence-corrected chi connectivity index (χ1v) is 6.76. The van der Waals surface area contributed by atoms with E-state index >= 15 is 0 Å². The van der Waals surface area contributed by atoms with E-state index in [2.05, 4.69) is 38.8 Å². The molecule has 1 aromatic carbocycles. The second-order valence-electron chi connectivity index (χ2n) is 6.36. The van der Waals surface area contributed by atoms with Gasteiger partial charge in [0.2, 0.25) is 0 Å². The predicted molar refractivity (Wildman–Crippen MR) is 77.5 cm³/mol. The summed E-state index contributed by atoms with van der Waals surface area (Å²) in [7, 11) is 3.58. The fraction of sp³-hybridized carbons (Fsp3) is 0.562. The van der Waals surface area contributed by atoms with Crippen LogP contribution in [0.4, 0.5) is 5.69 Å². The van der Waals surface area contributed by atoms with Crippen LogP contribution in [-0.2, 0) is 9.53 Å². The molecule has 3 heteroatoms. The van der Waals surface area contributed by atoms with E-state index in [0.717, 1.165) is 17.7 Å². The van der Waals surface area contributed by atoms with E-state index in [-0.39, 0.29) is 17.3 Å². The molecule has 104 valence electrons. The third-order valence-corrected chi connectivity index (χ3v) is 4.10. The van der Waals surface area contributed by atoms with Crippen LogP contribution in [0.1, 0.15) is 38.7 Å². The van der Waals surface area contributed by atoms with Gasteiger partial charge in [0, 0.05) is 18.8 Å². The highest BCUT2D eigenvalue weighted by Crippen LogP contribution is 2.43. The van der Waals surface area contributed by atoms with Crippen molar-refractivity contribution in [2.45, 2.75) is 39.2 Å². The van der Waals surface area contributed by atoms with Crippen LogP contribution in [-0.4, -0.2) is 26.2 Å². The van der Waals surface area contributed by atoms with E-state index in [1.807, 2.05) is 18.2 Å². The average Bonchev–Trinajstić information content (AvgIpc) is 2.37. The Hall–Kier alpha value is -1.51. The Kier molecular flexibility index (Phi) is 3.57. The summed E-state index contributed by atoms with van der Waals surface area (Å²) in [6.07, 6.45) is 0.809. The molecular formula is C16H23NO2. The van der Waals surface area contributed by atoms with E-state index in [9.17, 15) is 4.79 Å². The maximum atomic E-state index is 12.1. The number of methoxy groups -OCH3 is 1. The molecule has 0 saturated carbocycles. The van der Waals surface area contributed by atoms with Gasteiger partial charge in [-0.15, -0.1) is 0 Å². The fourth-order valence-electron chi connectivity index (χ4n) is 3.08. The van der Waals surface area contributed by atoms with Crippen LogP contribution in [0, 0.1) is 5.41 Å². The van der Waals surface area contributed by atoms with Crippen LogP contribution in [0.3, 0.4) is 0 Å². The first-order chi connectivity index (χ1) is 8.86. The lowest BCUT2D eigenvalue weighted by atomic mass is 9.75. The number of ether oxygens (including phenoxy) is 1. The minimum absolute atomic E-state index is 0.120. The maximum absolute atomic E-state index is 12.1. The number of carbonyl (C=O) groups excluding carboxylic acids is 1. The van der Waals surface area contributed by atoms with Crippen molar-refractivity contribution in [3.8, 4) is 0 Å². The highest BCUT2D eigenvalue weighted by molar-refractivity contribution is 5.82. The van der Waals surface area contributed by atoms with Gasteiger partial charge < -0.3 is 9.64 Å². The molecule has 1 aliphatic rings. The normalized spacial score (nSPS) is 22.9. The zero-order valence-corrected chi connectivity index (χ0v) is 12.4. The van der Waals surface area contributed by atoms with Gasteiger partial charge in [0.05, 0.1) is 13.0 Å². The molecule has 19 heavy (non-hydrogen) atoms. The molecule has 2 atom stereocenters. The Morgan fingerprint density at radius 2 is 1.95 bits per heavy atom. The van der Waals surface area contributed by atoms with Crippen LogP contribution in [0.25, 0.3) is 0 Å². The number of carbonyl (C=O) groups is 1.